The molecule has 2 N–H and O–H groups in total. The molecule has 2 fully saturated rings. The SMILES string of the molecule is [O-][N+]1(O)SN2CC=CC(C3CCNC3)=C2[C@H]1Cc1ccccc1. The molecular weight excluding hydrogens is 310 g/mol. The van der Waals surface area contributed by atoms with Gasteiger partial charge in [-0.15, -0.1) is 4.21 Å². The second kappa shape index (κ2) is 5.96. The van der Waals surface area contributed by atoms with Gasteiger partial charge in [0.1, 0.15) is 0 Å². The fourth-order valence-electron chi connectivity index (χ4n) is 3.71. The number of quaternary nitrogens is 1. The highest BCUT2D eigenvalue weighted by molar-refractivity contribution is 7.91. The molecule has 3 aliphatic heterocycles. The molecule has 2 saturated heterocycles. The predicted octanol–water partition coefficient (Wildman–Crippen LogP) is 2.61. The zero-order chi connectivity index (χ0) is 15.9. The summed E-state index contributed by atoms with van der Waals surface area (Å²) in [7, 11) is 0. The van der Waals surface area contributed by atoms with Crippen LogP contribution in [-0.4, -0.2) is 39.4 Å². The van der Waals surface area contributed by atoms with Crippen LogP contribution in [0.5, 0.6) is 0 Å². The molecular formula is C17H21N3O2S. The normalized spacial score (nSPS) is 33.4. The van der Waals surface area contributed by atoms with Crippen LogP contribution in [0.4, 0.5) is 0 Å². The second-order valence-corrected chi connectivity index (χ2v) is 7.47. The van der Waals surface area contributed by atoms with Gasteiger partial charge in [0, 0.05) is 13.0 Å². The molecule has 122 valence electrons. The summed E-state index contributed by atoms with van der Waals surface area (Å²) >= 11 is 0.983. The first-order valence-electron chi connectivity index (χ1n) is 8.10. The van der Waals surface area contributed by atoms with Crippen LogP contribution in [0.1, 0.15) is 12.0 Å². The zero-order valence-electron chi connectivity index (χ0n) is 12.9. The van der Waals surface area contributed by atoms with Gasteiger partial charge in [0.15, 0.2) is 6.04 Å². The molecule has 5 nitrogen and oxygen atoms in total. The van der Waals surface area contributed by atoms with Gasteiger partial charge in [-0.25, -0.2) is 5.21 Å². The van der Waals surface area contributed by atoms with E-state index in [4.69, 9.17) is 0 Å². The molecule has 1 aromatic rings. The van der Waals surface area contributed by atoms with Crippen molar-refractivity contribution in [1.82, 2.24) is 9.62 Å². The van der Waals surface area contributed by atoms with Crippen LogP contribution in [-0.2, 0) is 6.42 Å². The van der Waals surface area contributed by atoms with Crippen LogP contribution in [0.15, 0.2) is 53.8 Å². The van der Waals surface area contributed by atoms with Crippen molar-refractivity contribution < 1.29 is 9.42 Å². The molecule has 3 aliphatic rings. The van der Waals surface area contributed by atoms with E-state index in [-0.39, 0.29) is 0 Å². The summed E-state index contributed by atoms with van der Waals surface area (Å²) in [4.78, 5) is 0. The van der Waals surface area contributed by atoms with Crippen LogP contribution in [0.3, 0.4) is 0 Å². The number of nitrogens with zero attached hydrogens (tertiary/aromatic N) is 2. The molecule has 0 amide bonds. The van der Waals surface area contributed by atoms with Crippen molar-refractivity contribution in [2.24, 2.45) is 5.92 Å². The van der Waals surface area contributed by atoms with E-state index < -0.39 is 10.3 Å². The molecule has 2 unspecified atom stereocenters. The lowest BCUT2D eigenvalue weighted by Crippen LogP contribution is -2.40. The standard InChI is InChI=1S/C17H21N3O2S/c21-20(22)16(11-13-5-2-1-3-6-13)17-15(14-8-9-18-12-14)7-4-10-19(17)23-20/h1-7,14,16,18,21H,8-12H2/t14?,16-/m1/s1. The number of hydrogen-bond donors (Lipinski definition) is 2. The number of hydrogen-bond acceptors (Lipinski definition) is 5. The lowest BCUT2D eigenvalue weighted by atomic mass is 9.90. The summed E-state index contributed by atoms with van der Waals surface area (Å²) in [6.07, 6.45) is 5.89. The Morgan fingerprint density at radius 1 is 1.35 bits per heavy atom. The van der Waals surface area contributed by atoms with Crippen molar-refractivity contribution in [3.8, 4) is 0 Å². The summed E-state index contributed by atoms with van der Waals surface area (Å²) < 4.78 is 0.712. The Balaban J connectivity index is 1.72. The maximum atomic E-state index is 12.7. The highest BCUT2D eigenvalue weighted by Crippen LogP contribution is 2.47. The molecule has 3 heterocycles. The van der Waals surface area contributed by atoms with E-state index >= 15 is 0 Å². The van der Waals surface area contributed by atoms with E-state index in [9.17, 15) is 10.4 Å². The lowest BCUT2D eigenvalue weighted by molar-refractivity contribution is -0.964. The van der Waals surface area contributed by atoms with Gasteiger partial charge in [0.25, 0.3) is 0 Å². The van der Waals surface area contributed by atoms with Crippen molar-refractivity contribution in [3.63, 3.8) is 0 Å². The number of rotatable bonds is 3. The van der Waals surface area contributed by atoms with Crippen LogP contribution in [0.2, 0.25) is 0 Å². The van der Waals surface area contributed by atoms with Gasteiger partial charge in [0.05, 0.1) is 12.2 Å². The number of hydroxylamine groups is 2. The quantitative estimate of drug-likeness (QED) is 0.506. The maximum Gasteiger partial charge on any atom is 0.239 e. The van der Waals surface area contributed by atoms with Crippen LogP contribution >= 0.6 is 12.1 Å². The Morgan fingerprint density at radius 2 is 2.17 bits per heavy atom. The first-order valence-corrected chi connectivity index (χ1v) is 8.83. The molecule has 0 spiro atoms. The van der Waals surface area contributed by atoms with Gasteiger partial charge in [-0.05, 0) is 30.0 Å². The highest BCUT2D eigenvalue weighted by Gasteiger charge is 2.49. The van der Waals surface area contributed by atoms with Gasteiger partial charge in [-0.3, -0.25) is 4.31 Å². The predicted molar refractivity (Wildman–Crippen MR) is 90.8 cm³/mol. The molecule has 0 radical (unpaired) electrons. The lowest BCUT2D eigenvalue weighted by Gasteiger charge is -2.31. The molecule has 6 heteroatoms. The van der Waals surface area contributed by atoms with Gasteiger partial charge in [0.2, 0.25) is 12.1 Å². The minimum absolute atomic E-state index is 0.432. The van der Waals surface area contributed by atoms with Gasteiger partial charge in [-0.1, -0.05) is 42.5 Å². The Bertz CT molecular complexity index is 638. The summed E-state index contributed by atoms with van der Waals surface area (Å²) in [6.45, 7) is 2.64. The molecule has 0 aromatic heterocycles. The van der Waals surface area contributed by atoms with Crippen LogP contribution < -0.4 is 5.32 Å². The summed E-state index contributed by atoms with van der Waals surface area (Å²) in [5.74, 6) is 0.432. The van der Waals surface area contributed by atoms with E-state index in [1.165, 1.54) is 5.57 Å². The van der Waals surface area contributed by atoms with E-state index in [1.54, 1.807) is 0 Å². The molecule has 0 saturated carbocycles. The molecule has 0 bridgehead atoms. The van der Waals surface area contributed by atoms with Crippen LogP contribution in [0, 0.1) is 11.1 Å². The van der Waals surface area contributed by atoms with Crippen molar-refractivity contribution in [2.75, 3.05) is 19.6 Å². The third-order valence-electron chi connectivity index (χ3n) is 4.83. The molecule has 1 aromatic carbocycles. The van der Waals surface area contributed by atoms with E-state index in [0.717, 1.165) is 42.9 Å². The van der Waals surface area contributed by atoms with Gasteiger partial charge >= 0.3 is 0 Å². The third-order valence-corrected chi connectivity index (χ3v) is 5.86. The summed E-state index contributed by atoms with van der Waals surface area (Å²) in [5.41, 5.74) is 3.32. The van der Waals surface area contributed by atoms with Crippen molar-refractivity contribution in [1.29, 1.82) is 0 Å². The Hall–Kier alpha value is -1.31. The van der Waals surface area contributed by atoms with E-state index in [2.05, 4.69) is 17.5 Å². The number of allylic oxidation sites excluding steroid dienone is 1. The number of benzene rings is 1. The minimum Gasteiger partial charge on any atom is -0.585 e. The molecule has 3 atom stereocenters. The fourth-order valence-corrected chi connectivity index (χ4v) is 4.74. The van der Waals surface area contributed by atoms with Crippen LogP contribution in [0.25, 0.3) is 0 Å². The summed E-state index contributed by atoms with van der Waals surface area (Å²) in [5, 5.41) is 26.5. The topological polar surface area (TPSA) is 58.6 Å². The average Bonchev–Trinajstić information content (AvgIpc) is 3.15. The Labute approximate surface area is 140 Å². The Morgan fingerprint density at radius 3 is 2.91 bits per heavy atom. The molecule has 0 aliphatic carbocycles. The number of fused-ring (bicyclic) bond motifs is 1. The molecule has 23 heavy (non-hydrogen) atoms. The first kappa shape index (κ1) is 15.2. The smallest absolute Gasteiger partial charge is 0.239 e. The van der Waals surface area contributed by atoms with Gasteiger partial charge in [-0.2, -0.15) is 0 Å². The first-order chi connectivity index (χ1) is 11.1. The van der Waals surface area contributed by atoms with Crippen molar-refractivity contribution in [3.05, 3.63) is 64.5 Å². The largest absolute Gasteiger partial charge is 0.585 e. The van der Waals surface area contributed by atoms with Crippen molar-refractivity contribution >= 4 is 12.1 Å². The second-order valence-electron chi connectivity index (χ2n) is 6.35. The summed E-state index contributed by atoms with van der Waals surface area (Å²) in [6, 6.07) is 9.48. The number of nitrogens with one attached hydrogen (secondary N) is 1. The van der Waals surface area contributed by atoms with E-state index in [0.29, 0.717) is 18.9 Å². The van der Waals surface area contributed by atoms with Gasteiger partial charge < -0.3 is 10.5 Å². The maximum absolute atomic E-state index is 12.7. The highest BCUT2D eigenvalue weighted by atomic mass is 32.2. The fraction of sp³-hybridized carbons (Fsp3) is 0.412. The monoisotopic (exact) mass is 331 g/mol. The van der Waals surface area contributed by atoms with Crippen molar-refractivity contribution in [2.45, 2.75) is 18.9 Å². The minimum atomic E-state index is -1.27. The molecule has 4 rings (SSSR count). The average molecular weight is 331 g/mol. The zero-order valence-corrected chi connectivity index (χ0v) is 13.7. The Kier molecular flexibility index (Phi) is 3.95. The van der Waals surface area contributed by atoms with E-state index in [1.807, 2.05) is 34.6 Å². The third kappa shape index (κ3) is 2.81.